The summed E-state index contributed by atoms with van der Waals surface area (Å²) in [5, 5.41) is 25.1. The second kappa shape index (κ2) is 32.1. The van der Waals surface area contributed by atoms with Crippen LogP contribution in [0.3, 0.4) is 0 Å². The van der Waals surface area contributed by atoms with Crippen LogP contribution in [0.25, 0.3) is 0 Å². The standard InChI is InChI=1S/C22H40N2O6.C6H9NO.CH5N/c1-23-19(25)17-16-18(22(29)30)24-20(26)14-12-10-8-6-4-2-3-5-7-9-11-13-15-21(27)28;1-3-4-5-6(8)7-2;1-2/h18H,2-17H2,1H3,(H,23,25)(H,24,26)(H,27,28)(H,29,30);1H,4-5H2,2H3,(H,7,8);2H2,1H3/t18-;;/m1../s1. The molecule has 0 saturated heterocycles. The Labute approximate surface area is 240 Å². The predicted octanol–water partition coefficient (Wildman–Crippen LogP) is 3.35. The average Bonchev–Trinajstić information content (AvgIpc) is 2.94. The minimum atomic E-state index is -1.12. The number of aliphatic carboxylic acids is 2. The molecule has 0 aliphatic heterocycles. The van der Waals surface area contributed by atoms with Gasteiger partial charge < -0.3 is 31.9 Å². The van der Waals surface area contributed by atoms with Crippen LogP contribution in [0.1, 0.15) is 116 Å². The molecule has 0 aliphatic rings. The summed E-state index contributed by atoms with van der Waals surface area (Å²) >= 11 is 0. The van der Waals surface area contributed by atoms with Crippen LogP contribution in [0.2, 0.25) is 0 Å². The highest BCUT2D eigenvalue weighted by molar-refractivity contribution is 5.84. The Hall–Kier alpha value is -3.13. The lowest BCUT2D eigenvalue weighted by Crippen LogP contribution is -2.41. The van der Waals surface area contributed by atoms with E-state index in [-0.39, 0.29) is 37.0 Å². The molecule has 7 N–H and O–H groups in total. The number of hydrogen-bond donors (Lipinski definition) is 6. The lowest BCUT2D eigenvalue weighted by Gasteiger charge is -2.14. The van der Waals surface area contributed by atoms with Crippen molar-refractivity contribution in [3.05, 3.63) is 0 Å². The number of nitrogens with one attached hydrogen (secondary N) is 3. The molecular formula is C29H54N4O7. The number of unbranched alkanes of at least 4 members (excludes halogenated alkanes) is 11. The van der Waals surface area contributed by atoms with Crippen molar-refractivity contribution in [2.75, 3.05) is 21.1 Å². The van der Waals surface area contributed by atoms with Crippen molar-refractivity contribution in [3.8, 4) is 12.3 Å². The molecule has 0 heterocycles. The minimum Gasteiger partial charge on any atom is -0.481 e. The predicted molar refractivity (Wildman–Crippen MR) is 157 cm³/mol. The van der Waals surface area contributed by atoms with Crippen LogP contribution in [-0.2, 0) is 24.0 Å². The van der Waals surface area contributed by atoms with Gasteiger partial charge >= 0.3 is 11.9 Å². The molecule has 3 amide bonds. The minimum absolute atomic E-state index is 0.00273. The van der Waals surface area contributed by atoms with Crippen molar-refractivity contribution < 1.29 is 34.2 Å². The summed E-state index contributed by atoms with van der Waals surface area (Å²) in [4.78, 5) is 55.1. The van der Waals surface area contributed by atoms with Gasteiger partial charge in [-0.25, -0.2) is 4.79 Å². The van der Waals surface area contributed by atoms with Gasteiger partial charge in [0.25, 0.3) is 0 Å². The maximum atomic E-state index is 11.9. The number of carbonyl (C=O) groups is 5. The van der Waals surface area contributed by atoms with Gasteiger partial charge in [0.05, 0.1) is 0 Å². The van der Waals surface area contributed by atoms with E-state index in [9.17, 15) is 24.0 Å². The molecule has 0 saturated carbocycles. The maximum absolute atomic E-state index is 11.9. The first-order valence-corrected chi connectivity index (χ1v) is 14.3. The summed E-state index contributed by atoms with van der Waals surface area (Å²) in [7, 11) is 4.59. The Balaban J connectivity index is -0.00000116. The number of amides is 3. The summed E-state index contributed by atoms with van der Waals surface area (Å²) in [5.41, 5.74) is 4.50. The van der Waals surface area contributed by atoms with Gasteiger partial charge in [0.15, 0.2) is 0 Å². The highest BCUT2D eigenvalue weighted by Gasteiger charge is 2.20. The third kappa shape index (κ3) is 32.9. The second-order valence-electron chi connectivity index (χ2n) is 9.18. The molecule has 1 atom stereocenters. The van der Waals surface area contributed by atoms with Crippen molar-refractivity contribution in [2.24, 2.45) is 5.73 Å². The molecule has 0 aromatic rings. The Morgan fingerprint density at radius 3 is 1.43 bits per heavy atom. The third-order valence-electron chi connectivity index (χ3n) is 5.89. The van der Waals surface area contributed by atoms with Crippen LogP contribution in [0.15, 0.2) is 0 Å². The Morgan fingerprint density at radius 1 is 0.650 bits per heavy atom. The van der Waals surface area contributed by atoms with E-state index >= 15 is 0 Å². The first-order valence-electron chi connectivity index (χ1n) is 14.3. The van der Waals surface area contributed by atoms with E-state index in [0.29, 0.717) is 19.3 Å². The van der Waals surface area contributed by atoms with E-state index < -0.39 is 18.0 Å². The largest absolute Gasteiger partial charge is 0.481 e. The molecule has 0 spiro atoms. The molecule has 0 fully saturated rings. The summed E-state index contributed by atoms with van der Waals surface area (Å²) in [5.74, 6) is 0.0270. The summed E-state index contributed by atoms with van der Waals surface area (Å²) in [6.07, 6.45) is 19.4. The van der Waals surface area contributed by atoms with Gasteiger partial charge in [-0.3, -0.25) is 19.2 Å². The van der Waals surface area contributed by atoms with Crippen LogP contribution in [0, 0.1) is 12.3 Å². The van der Waals surface area contributed by atoms with Crippen LogP contribution in [-0.4, -0.2) is 67.1 Å². The summed E-state index contributed by atoms with van der Waals surface area (Å²) in [6.45, 7) is 0. The van der Waals surface area contributed by atoms with E-state index in [1.165, 1.54) is 46.2 Å². The molecular weight excluding hydrogens is 516 g/mol. The van der Waals surface area contributed by atoms with E-state index in [4.69, 9.17) is 16.6 Å². The summed E-state index contributed by atoms with van der Waals surface area (Å²) in [6, 6.07) is -1.02. The van der Waals surface area contributed by atoms with Crippen LogP contribution in [0.5, 0.6) is 0 Å². The highest BCUT2D eigenvalue weighted by Crippen LogP contribution is 2.13. The van der Waals surface area contributed by atoms with Gasteiger partial charge in [-0.1, -0.05) is 64.2 Å². The van der Waals surface area contributed by atoms with Gasteiger partial charge in [-0.05, 0) is 26.3 Å². The number of carboxylic acid groups (broad SMARTS) is 2. The fourth-order valence-corrected chi connectivity index (χ4v) is 3.56. The van der Waals surface area contributed by atoms with E-state index in [1.807, 2.05) is 0 Å². The molecule has 232 valence electrons. The number of rotatable bonds is 22. The molecule has 0 bridgehead atoms. The number of carboxylic acids is 2. The Kier molecular flexibility index (Phi) is 33.2. The number of terminal acetylenes is 1. The lowest BCUT2D eigenvalue weighted by atomic mass is 10.0. The lowest BCUT2D eigenvalue weighted by molar-refractivity contribution is -0.142. The normalized spacial score (nSPS) is 10.4. The zero-order valence-corrected chi connectivity index (χ0v) is 24.9. The third-order valence-corrected chi connectivity index (χ3v) is 5.89. The molecule has 11 nitrogen and oxygen atoms in total. The van der Waals surface area contributed by atoms with Gasteiger partial charge in [-0.15, -0.1) is 12.3 Å². The zero-order chi connectivity index (χ0) is 31.0. The quantitative estimate of drug-likeness (QED) is 0.0844. The van der Waals surface area contributed by atoms with Gasteiger partial charge in [0, 0.05) is 46.2 Å². The van der Waals surface area contributed by atoms with Crippen LogP contribution >= 0.6 is 0 Å². The van der Waals surface area contributed by atoms with Crippen LogP contribution < -0.4 is 21.7 Å². The SMILES string of the molecule is C#CCCC(=O)NC.CN.CNC(=O)CC[C@@H](NC(=O)CCCCCCCCCCCCCCC(=O)O)C(=O)O. The van der Waals surface area contributed by atoms with Crippen molar-refractivity contribution in [1.29, 1.82) is 0 Å². The molecule has 0 unspecified atom stereocenters. The molecule has 0 aromatic carbocycles. The van der Waals surface area contributed by atoms with Crippen LogP contribution in [0.4, 0.5) is 0 Å². The maximum Gasteiger partial charge on any atom is 0.326 e. The Morgan fingerprint density at radius 2 is 1.05 bits per heavy atom. The summed E-state index contributed by atoms with van der Waals surface area (Å²) < 4.78 is 0. The highest BCUT2D eigenvalue weighted by atomic mass is 16.4. The van der Waals surface area contributed by atoms with Crippen molar-refractivity contribution in [3.63, 3.8) is 0 Å². The smallest absolute Gasteiger partial charge is 0.326 e. The molecule has 0 rings (SSSR count). The average molecular weight is 571 g/mol. The fraction of sp³-hybridized carbons (Fsp3) is 0.759. The second-order valence-corrected chi connectivity index (χ2v) is 9.18. The van der Waals surface area contributed by atoms with Gasteiger partial charge in [0.1, 0.15) is 6.04 Å². The van der Waals surface area contributed by atoms with Crippen molar-refractivity contribution >= 4 is 29.7 Å². The first-order chi connectivity index (χ1) is 19.2. The molecule has 0 radical (unpaired) electrons. The monoisotopic (exact) mass is 570 g/mol. The van der Waals surface area contributed by atoms with Gasteiger partial charge in [-0.2, -0.15) is 0 Å². The van der Waals surface area contributed by atoms with E-state index in [0.717, 1.165) is 44.9 Å². The van der Waals surface area contributed by atoms with Crippen molar-refractivity contribution in [1.82, 2.24) is 16.0 Å². The number of hydrogen-bond acceptors (Lipinski definition) is 6. The molecule has 0 aliphatic carbocycles. The fourth-order valence-electron chi connectivity index (χ4n) is 3.56. The van der Waals surface area contributed by atoms with E-state index in [2.05, 4.69) is 27.6 Å². The van der Waals surface area contributed by atoms with E-state index in [1.54, 1.807) is 7.05 Å². The number of nitrogens with two attached hydrogens (primary N) is 1. The zero-order valence-electron chi connectivity index (χ0n) is 24.9. The number of carbonyl (C=O) groups excluding carboxylic acids is 3. The topological polar surface area (TPSA) is 188 Å². The molecule has 40 heavy (non-hydrogen) atoms. The van der Waals surface area contributed by atoms with Crippen molar-refractivity contribution in [2.45, 2.75) is 122 Å². The Bertz CT molecular complexity index is 724. The molecule has 0 aromatic heterocycles. The van der Waals surface area contributed by atoms with Gasteiger partial charge in [0.2, 0.25) is 17.7 Å². The molecule has 11 heteroatoms. The first kappa shape index (κ1) is 41.4.